The Morgan fingerprint density at radius 1 is 1.17 bits per heavy atom. The molecule has 2 aromatic rings. The van der Waals surface area contributed by atoms with E-state index in [9.17, 15) is 4.79 Å². The number of anilines is 1. The van der Waals surface area contributed by atoms with E-state index in [2.05, 4.69) is 10.2 Å². The predicted molar refractivity (Wildman–Crippen MR) is 112 cm³/mol. The summed E-state index contributed by atoms with van der Waals surface area (Å²) in [6.07, 6.45) is 5.58. The Balaban J connectivity index is 1.28. The lowest BCUT2D eigenvalue weighted by atomic mass is 10.0. The molecule has 1 atom stereocenters. The lowest BCUT2D eigenvalue weighted by molar-refractivity contribution is 0.0131. The maximum Gasteiger partial charge on any atom is 0.252 e. The van der Waals surface area contributed by atoms with Crippen molar-refractivity contribution in [3.8, 4) is 0 Å². The first-order valence-corrected chi connectivity index (χ1v) is 10.9. The molecule has 1 aromatic carbocycles. The minimum absolute atomic E-state index is 0.0179. The lowest BCUT2D eigenvalue weighted by Crippen LogP contribution is -2.38. The zero-order valence-electron chi connectivity index (χ0n) is 16.8. The minimum atomic E-state index is 0.0179. The normalized spacial score (nSPS) is 22.9. The summed E-state index contributed by atoms with van der Waals surface area (Å²) in [6.45, 7) is 4.33. The van der Waals surface area contributed by atoms with Crippen LogP contribution >= 0.6 is 0 Å². The molecule has 2 saturated heterocycles. The van der Waals surface area contributed by atoms with Crippen LogP contribution in [-0.4, -0.2) is 55.9 Å². The number of fused-ring (bicyclic) bond motifs is 1. The van der Waals surface area contributed by atoms with Gasteiger partial charge < -0.3 is 19.7 Å². The number of aromatic nitrogens is 1. The van der Waals surface area contributed by atoms with Gasteiger partial charge in [0.15, 0.2) is 0 Å². The number of para-hydroxylation sites is 1. The number of hydrogen-bond acceptors (Lipinski definition) is 5. The second-order valence-electron chi connectivity index (χ2n) is 8.54. The van der Waals surface area contributed by atoms with Crippen molar-refractivity contribution in [2.75, 3.05) is 37.8 Å². The summed E-state index contributed by atoms with van der Waals surface area (Å²) in [6, 6.07) is 10.2. The van der Waals surface area contributed by atoms with E-state index in [0.717, 1.165) is 87.3 Å². The molecule has 1 N–H and O–H groups in total. The van der Waals surface area contributed by atoms with E-state index in [1.165, 1.54) is 0 Å². The molecule has 1 aliphatic carbocycles. The molecule has 2 aliphatic heterocycles. The molecule has 154 valence electrons. The van der Waals surface area contributed by atoms with Gasteiger partial charge in [-0.15, -0.1) is 0 Å². The van der Waals surface area contributed by atoms with Crippen molar-refractivity contribution in [1.29, 1.82) is 0 Å². The summed E-state index contributed by atoms with van der Waals surface area (Å²) in [7, 11) is 0. The molecule has 3 heterocycles. The summed E-state index contributed by atoms with van der Waals surface area (Å²) < 4.78 is 11.6. The first-order valence-electron chi connectivity index (χ1n) is 10.9. The van der Waals surface area contributed by atoms with Crippen LogP contribution in [0.25, 0.3) is 10.9 Å². The van der Waals surface area contributed by atoms with Gasteiger partial charge in [0, 0.05) is 37.0 Å². The third kappa shape index (κ3) is 4.38. The van der Waals surface area contributed by atoms with Crippen molar-refractivity contribution in [2.45, 2.75) is 44.2 Å². The van der Waals surface area contributed by atoms with Crippen molar-refractivity contribution in [3.05, 3.63) is 35.9 Å². The standard InChI is InChI=1S/C23H29N3O3/c27-23(24-17-5-6-17)20-13-22(25-21-4-2-1-3-19(20)21)26-10-7-18(8-11-26)29-15-16-9-12-28-14-16/h1-4,13,16-18H,5-12,14-15H2,(H,24,27). The van der Waals surface area contributed by atoms with Crippen molar-refractivity contribution in [3.63, 3.8) is 0 Å². The van der Waals surface area contributed by atoms with Crippen molar-refractivity contribution < 1.29 is 14.3 Å². The lowest BCUT2D eigenvalue weighted by Gasteiger charge is -2.33. The van der Waals surface area contributed by atoms with Gasteiger partial charge in [0.2, 0.25) is 0 Å². The Morgan fingerprint density at radius 3 is 2.76 bits per heavy atom. The summed E-state index contributed by atoms with van der Waals surface area (Å²) in [5, 5.41) is 4.05. The van der Waals surface area contributed by atoms with E-state index in [1.807, 2.05) is 30.3 Å². The van der Waals surface area contributed by atoms with Crippen LogP contribution < -0.4 is 10.2 Å². The first-order chi connectivity index (χ1) is 14.3. The summed E-state index contributed by atoms with van der Waals surface area (Å²) in [4.78, 5) is 20.0. The maximum atomic E-state index is 12.8. The zero-order chi connectivity index (χ0) is 19.6. The molecule has 29 heavy (non-hydrogen) atoms. The van der Waals surface area contributed by atoms with Crippen LogP contribution in [-0.2, 0) is 9.47 Å². The van der Waals surface area contributed by atoms with Crippen LogP contribution in [0.5, 0.6) is 0 Å². The molecular weight excluding hydrogens is 366 g/mol. The van der Waals surface area contributed by atoms with Gasteiger partial charge in [-0.25, -0.2) is 4.98 Å². The van der Waals surface area contributed by atoms with Crippen LogP contribution in [0.15, 0.2) is 30.3 Å². The van der Waals surface area contributed by atoms with Gasteiger partial charge in [-0.1, -0.05) is 18.2 Å². The maximum absolute atomic E-state index is 12.8. The van der Waals surface area contributed by atoms with Gasteiger partial charge in [-0.05, 0) is 44.2 Å². The van der Waals surface area contributed by atoms with Crippen molar-refractivity contribution in [2.24, 2.45) is 5.92 Å². The average Bonchev–Trinajstić information content (AvgIpc) is 3.42. The molecule has 1 aromatic heterocycles. The third-order valence-electron chi connectivity index (χ3n) is 6.22. The molecule has 6 heteroatoms. The predicted octanol–water partition coefficient (Wildman–Crippen LogP) is 3.15. The third-order valence-corrected chi connectivity index (χ3v) is 6.22. The molecule has 0 spiro atoms. The molecule has 0 bridgehead atoms. The molecule has 1 saturated carbocycles. The Kier molecular flexibility index (Phi) is 5.38. The second kappa shape index (κ2) is 8.28. The summed E-state index contributed by atoms with van der Waals surface area (Å²) in [5.74, 6) is 1.47. The van der Waals surface area contributed by atoms with E-state index >= 15 is 0 Å². The monoisotopic (exact) mass is 395 g/mol. The van der Waals surface area contributed by atoms with Crippen LogP contribution in [0.4, 0.5) is 5.82 Å². The van der Waals surface area contributed by atoms with Crippen LogP contribution in [0.1, 0.15) is 42.5 Å². The van der Waals surface area contributed by atoms with Gasteiger partial charge in [0.1, 0.15) is 5.82 Å². The number of amides is 1. The van der Waals surface area contributed by atoms with E-state index in [-0.39, 0.29) is 5.91 Å². The number of nitrogens with one attached hydrogen (secondary N) is 1. The van der Waals surface area contributed by atoms with Gasteiger partial charge in [-0.3, -0.25) is 4.79 Å². The smallest absolute Gasteiger partial charge is 0.252 e. The SMILES string of the molecule is O=C(NC1CC1)c1cc(N2CCC(OCC3CCOC3)CC2)nc2ccccc12. The van der Waals surface area contributed by atoms with Crippen LogP contribution in [0.2, 0.25) is 0 Å². The van der Waals surface area contributed by atoms with Gasteiger partial charge in [-0.2, -0.15) is 0 Å². The molecule has 0 radical (unpaired) electrons. The summed E-state index contributed by atoms with van der Waals surface area (Å²) in [5.41, 5.74) is 1.61. The fourth-order valence-electron chi connectivity index (χ4n) is 4.24. The van der Waals surface area contributed by atoms with Crippen LogP contribution in [0, 0.1) is 5.92 Å². The Bertz CT molecular complexity index is 869. The highest BCUT2D eigenvalue weighted by Crippen LogP contribution is 2.27. The van der Waals surface area contributed by atoms with Crippen LogP contribution in [0.3, 0.4) is 0 Å². The molecular formula is C23H29N3O3. The highest BCUT2D eigenvalue weighted by molar-refractivity contribution is 6.07. The van der Waals surface area contributed by atoms with Gasteiger partial charge in [0.05, 0.1) is 30.4 Å². The number of pyridine rings is 1. The Morgan fingerprint density at radius 2 is 2.00 bits per heavy atom. The molecule has 3 fully saturated rings. The molecule has 6 nitrogen and oxygen atoms in total. The highest BCUT2D eigenvalue weighted by Gasteiger charge is 2.27. The molecule has 3 aliphatic rings. The summed E-state index contributed by atoms with van der Waals surface area (Å²) >= 11 is 0. The first kappa shape index (κ1) is 18.8. The van der Waals surface area contributed by atoms with E-state index in [4.69, 9.17) is 14.5 Å². The Hall–Kier alpha value is -2.18. The number of benzene rings is 1. The Labute approximate surface area is 171 Å². The van der Waals surface area contributed by atoms with E-state index < -0.39 is 0 Å². The number of hydrogen-bond donors (Lipinski definition) is 1. The average molecular weight is 396 g/mol. The number of carbonyl (C=O) groups is 1. The molecule has 1 unspecified atom stereocenters. The van der Waals surface area contributed by atoms with E-state index in [1.54, 1.807) is 0 Å². The van der Waals surface area contributed by atoms with Gasteiger partial charge in [0.25, 0.3) is 5.91 Å². The topological polar surface area (TPSA) is 63.7 Å². The number of piperidine rings is 1. The number of rotatable bonds is 6. The minimum Gasteiger partial charge on any atom is -0.381 e. The number of nitrogens with zero attached hydrogens (tertiary/aromatic N) is 2. The van der Waals surface area contributed by atoms with E-state index in [0.29, 0.717) is 18.1 Å². The quantitative estimate of drug-likeness (QED) is 0.814. The van der Waals surface area contributed by atoms with Gasteiger partial charge >= 0.3 is 0 Å². The van der Waals surface area contributed by atoms with Crippen molar-refractivity contribution in [1.82, 2.24) is 10.3 Å². The number of carbonyl (C=O) groups excluding carboxylic acids is 1. The van der Waals surface area contributed by atoms with Crippen molar-refractivity contribution >= 4 is 22.6 Å². The second-order valence-corrected chi connectivity index (χ2v) is 8.54. The highest BCUT2D eigenvalue weighted by atomic mass is 16.5. The fourth-order valence-corrected chi connectivity index (χ4v) is 4.24. The molecule has 5 rings (SSSR count). The molecule has 1 amide bonds. The zero-order valence-corrected chi connectivity index (χ0v) is 16.8. The number of ether oxygens (including phenoxy) is 2. The fraction of sp³-hybridized carbons (Fsp3) is 0.565. The largest absolute Gasteiger partial charge is 0.381 e.